The predicted octanol–water partition coefficient (Wildman–Crippen LogP) is 1.67. The average Bonchev–Trinajstić information content (AvgIpc) is 2.46. The molecule has 0 heterocycles. The van der Waals surface area contributed by atoms with E-state index in [1.54, 1.807) is 7.11 Å². The van der Waals surface area contributed by atoms with Crippen LogP contribution < -0.4 is 5.32 Å². The fourth-order valence-electron chi connectivity index (χ4n) is 1.48. The lowest BCUT2D eigenvalue weighted by atomic mass is 10.3. The number of hydrogen-bond acceptors (Lipinski definition) is 5. The fourth-order valence-corrected chi connectivity index (χ4v) is 3.23. The van der Waals surface area contributed by atoms with Crippen molar-refractivity contribution in [2.24, 2.45) is 4.40 Å². The van der Waals surface area contributed by atoms with Gasteiger partial charge in [0.2, 0.25) is 0 Å². The zero-order valence-corrected chi connectivity index (χ0v) is 13.4. The summed E-state index contributed by atoms with van der Waals surface area (Å²) in [6, 6.07) is 7.74. The van der Waals surface area contributed by atoms with E-state index in [-0.39, 0.29) is 12.0 Å². The van der Waals surface area contributed by atoms with Crippen molar-refractivity contribution < 1.29 is 13.2 Å². The SMILES string of the molecule is C=NS(=O)(=O)N(C)CC(OC)Sc1ccccc1NC. The van der Waals surface area contributed by atoms with E-state index in [4.69, 9.17) is 4.74 Å². The Kier molecular flexibility index (Phi) is 6.47. The third-order valence-corrected chi connectivity index (χ3v) is 5.12. The van der Waals surface area contributed by atoms with Gasteiger partial charge in [-0.05, 0) is 12.1 Å². The number of nitrogens with one attached hydrogen (secondary N) is 1. The third-order valence-electron chi connectivity index (χ3n) is 2.64. The van der Waals surface area contributed by atoms with Crippen LogP contribution in [0, 0.1) is 0 Å². The molecule has 0 amide bonds. The lowest BCUT2D eigenvalue weighted by Crippen LogP contribution is -2.32. The zero-order valence-electron chi connectivity index (χ0n) is 11.7. The lowest BCUT2D eigenvalue weighted by Gasteiger charge is -2.21. The summed E-state index contributed by atoms with van der Waals surface area (Å²) >= 11 is 1.44. The molecule has 0 aliphatic heterocycles. The monoisotopic (exact) mass is 317 g/mol. The van der Waals surface area contributed by atoms with E-state index in [9.17, 15) is 8.42 Å². The largest absolute Gasteiger partial charge is 0.387 e. The van der Waals surface area contributed by atoms with Gasteiger partial charge in [-0.3, -0.25) is 0 Å². The normalized spacial score (nSPS) is 13.2. The molecule has 0 spiro atoms. The molecule has 0 fully saturated rings. The topological polar surface area (TPSA) is 71.0 Å². The van der Waals surface area contributed by atoms with Crippen molar-refractivity contribution in [2.75, 3.05) is 33.1 Å². The van der Waals surface area contributed by atoms with Crippen LogP contribution >= 0.6 is 11.8 Å². The van der Waals surface area contributed by atoms with Crippen LogP contribution in [0.15, 0.2) is 33.6 Å². The molecule has 1 N–H and O–H groups in total. The third kappa shape index (κ3) is 4.48. The average molecular weight is 317 g/mol. The molecule has 8 heteroatoms. The second-order valence-electron chi connectivity index (χ2n) is 3.92. The van der Waals surface area contributed by atoms with Gasteiger partial charge in [-0.2, -0.15) is 17.1 Å². The molecule has 1 rings (SSSR count). The standard InChI is InChI=1S/C12H19N3O3S2/c1-13-10-7-5-6-8-11(10)19-12(18-4)9-15(3)20(16,17)14-2/h5-8,12-13H,2,9H2,1,3-4H3. The van der Waals surface area contributed by atoms with Gasteiger partial charge in [0.05, 0.1) is 6.54 Å². The van der Waals surface area contributed by atoms with Gasteiger partial charge in [0.15, 0.2) is 0 Å². The highest BCUT2D eigenvalue weighted by atomic mass is 32.2. The van der Waals surface area contributed by atoms with Gasteiger partial charge in [-0.15, -0.1) is 0 Å². The number of nitrogens with zero attached hydrogens (tertiary/aromatic N) is 2. The number of ether oxygens (including phenoxy) is 1. The molecule has 0 saturated heterocycles. The summed E-state index contributed by atoms with van der Waals surface area (Å²) in [6.45, 7) is 3.24. The van der Waals surface area contributed by atoms with Crippen molar-refractivity contribution in [1.82, 2.24) is 4.31 Å². The van der Waals surface area contributed by atoms with Gasteiger partial charge in [0, 0.05) is 38.5 Å². The molecule has 0 aliphatic carbocycles. The molecule has 0 radical (unpaired) electrons. The molecule has 1 unspecified atom stereocenters. The number of benzene rings is 1. The van der Waals surface area contributed by atoms with Gasteiger partial charge in [0.1, 0.15) is 5.44 Å². The van der Waals surface area contributed by atoms with Crippen molar-refractivity contribution in [3.8, 4) is 0 Å². The molecule has 1 atom stereocenters. The summed E-state index contributed by atoms with van der Waals surface area (Å²) < 4.78 is 32.7. The maximum absolute atomic E-state index is 11.5. The number of hydrogen-bond donors (Lipinski definition) is 1. The Morgan fingerprint density at radius 3 is 2.70 bits per heavy atom. The molecule has 0 bridgehead atoms. The second-order valence-corrected chi connectivity index (χ2v) is 6.90. The molecular weight excluding hydrogens is 298 g/mol. The van der Waals surface area contributed by atoms with E-state index in [2.05, 4.69) is 16.4 Å². The number of anilines is 1. The molecular formula is C12H19N3O3S2. The first-order valence-corrected chi connectivity index (χ1v) is 8.12. The summed E-state index contributed by atoms with van der Waals surface area (Å²) in [5, 5.41) is 3.08. The first kappa shape index (κ1) is 17.0. The smallest absolute Gasteiger partial charge is 0.321 e. The van der Waals surface area contributed by atoms with Crippen LogP contribution in [-0.2, 0) is 14.9 Å². The fraction of sp³-hybridized carbons (Fsp3) is 0.417. The summed E-state index contributed by atoms with van der Waals surface area (Å²) in [5.74, 6) is 0. The quantitative estimate of drug-likeness (QED) is 0.449. The molecule has 0 aliphatic rings. The first-order valence-electron chi connectivity index (χ1n) is 5.85. The number of likely N-dealkylation sites (N-methyl/N-ethyl adjacent to an activating group) is 1. The minimum Gasteiger partial charge on any atom is -0.387 e. The molecule has 6 nitrogen and oxygen atoms in total. The van der Waals surface area contributed by atoms with Crippen LogP contribution in [0.5, 0.6) is 0 Å². The summed E-state index contributed by atoms with van der Waals surface area (Å²) in [5.41, 5.74) is 0.623. The summed E-state index contributed by atoms with van der Waals surface area (Å²) in [6.07, 6.45) is 0. The Balaban J connectivity index is 2.80. The van der Waals surface area contributed by atoms with E-state index in [0.717, 1.165) is 14.9 Å². The van der Waals surface area contributed by atoms with Gasteiger partial charge < -0.3 is 10.1 Å². The van der Waals surface area contributed by atoms with Crippen molar-refractivity contribution in [1.29, 1.82) is 0 Å². The number of para-hydroxylation sites is 1. The Hall–Kier alpha value is -1.09. The van der Waals surface area contributed by atoms with Crippen LogP contribution in [0.4, 0.5) is 5.69 Å². The highest BCUT2D eigenvalue weighted by Crippen LogP contribution is 2.31. The van der Waals surface area contributed by atoms with Gasteiger partial charge >= 0.3 is 10.2 Å². The molecule has 20 heavy (non-hydrogen) atoms. The van der Waals surface area contributed by atoms with E-state index in [0.29, 0.717) is 0 Å². The van der Waals surface area contributed by atoms with Crippen LogP contribution in [0.1, 0.15) is 0 Å². The Morgan fingerprint density at radius 2 is 2.15 bits per heavy atom. The minimum absolute atomic E-state index is 0.181. The molecule has 112 valence electrons. The highest BCUT2D eigenvalue weighted by molar-refractivity contribution is 8.00. The maximum Gasteiger partial charge on any atom is 0.321 e. The second kappa shape index (κ2) is 7.63. The minimum atomic E-state index is -3.67. The van der Waals surface area contributed by atoms with Crippen molar-refractivity contribution >= 4 is 34.4 Å². The number of thioether (sulfide) groups is 1. The van der Waals surface area contributed by atoms with Crippen LogP contribution in [-0.4, -0.2) is 52.6 Å². The number of methoxy groups -OCH3 is 1. The molecule has 0 saturated carbocycles. The number of rotatable bonds is 8. The maximum atomic E-state index is 11.5. The molecule has 1 aromatic carbocycles. The summed E-state index contributed by atoms with van der Waals surface area (Å²) in [7, 11) is 1.15. The van der Waals surface area contributed by atoms with Crippen LogP contribution in [0.2, 0.25) is 0 Å². The van der Waals surface area contributed by atoms with Crippen molar-refractivity contribution in [3.63, 3.8) is 0 Å². The summed E-state index contributed by atoms with van der Waals surface area (Å²) in [4.78, 5) is 0.985. The Labute approximate surface area is 124 Å². The Bertz CT molecular complexity index is 549. The zero-order chi connectivity index (χ0) is 15.2. The van der Waals surface area contributed by atoms with Gasteiger partial charge in [0.25, 0.3) is 0 Å². The molecule has 1 aromatic rings. The van der Waals surface area contributed by atoms with Gasteiger partial charge in [-0.25, -0.2) is 0 Å². The van der Waals surface area contributed by atoms with Crippen molar-refractivity contribution in [3.05, 3.63) is 24.3 Å². The van der Waals surface area contributed by atoms with E-state index < -0.39 is 10.2 Å². The van der Waals surface area contributed by atoms with Crippen molar-refractivity contribution in [2.45, 2.75) is 10.3 Å². The first-order chi connectivity index (χ1) is 9.44. The van der Waals surface area contributed by atoms with E-state index >= 15 is 0 Å². The van der Waals surface area contributed by atoms with Crippen LogP contribution in [0.25, 0.3) is 0 Å². The van der Waals surface area contributed by atoms with E-state index in [1.165, 1.54) is 18.8 Å². The predicted molar refractivity (Wildman–Crippen MR) is 83.7 cm³/mol. The lowest BCUT2D eigenvalue weighted by molar-refractivity contribution is 0.157. The van der Waals surface area contributed by atoms with E-state index in [1.807, 2.05) is 31.3 Å². The van der Waals surface area contributed by atoms with Crippen LogP contribution in [0.3, 0.4) is 0 Å². The van der Waals surface area contributed by atoms with Gasteiger partial charge in [-0.1, -0.05) is 23.9 Å². The Morgan fingerprint density at radius 1 is 1.50 bits per heavy atom. The molecule has 0 aromatic heterocycles. The highest BCUT2D eigenvalue weighted by Gasteiger charge is 2.21.